The highest BCUT2D eigenvalue weighted by Crippen LogP contribution is 2.33. The number of hydrogen-bond donors (Lipinski definition) is 0. The average Bonchev–Trinajstić information content (AvgIpc) is 3.28. The van der Waals surface area contributed by atoms with Gasteiger partial charge in [-0.15, -0.1) is 0 Å². The fourth-order valence-corrected chi connectivity index (χ4v) is 3.02. The van der Waals surface area contributed by atoms with Crippen molar-refractivity contribution in [2.75, 3.05) is 6.79 Å². The first-order valence-corrected chi connectivity index (χ1v) is 8.18. The Bertz CT molecular complexity index is 1110. The van der Waals surface area contributed by atoms with Crippen molar-refractivity contribution < 1.29 is 19.0 Å². The van der Waals surface area contributed by atoms with Gasteiger partial charge in [-0.25, -0.2) is 9.79 Å². The Kier molecular flexibility index (Phi) is 3.25. The molecule has 2 aliphatic rings. The number of cyclic esters (lactones) is 1. The largest absolute Gasteiger partial charge is 0.454 e. The number of esters is 1. The van der Waals surface area contributed by atoms with Crippen molar-refractivity contribution >= 4 is 28.7 Å². The summed E-state index contributed by atoms with van der Waals surface area (Å²) in [6.45, 7) is 0.193. The highest BCUT2D eigenvalue weighted by molar-refractivity contribution is 6.13. The average molecular weight is 343 g/mol. The van der Waals surface area contributed by atoms with Gasteiger partial charge in [-0.2, -0.15) is 0 Å². The summed E-state index contributed by atoms with van der Waals surface area (Å²) in [6, 6.07) is 19.4. The van der Waals surface area contributed by atoms with E-state index in [0.29, 0.717) is 17.1 Å². The van der Waals surface area contributed by atoms with Gasteiger partial charge in [-0.3, -0.25) is 0 Å². The van der Waals surface area contributed by atoms with Gasteiger partial charge >= 0.3 is 5.97 Å². The quantitative estimate of drug-likeness (QED) is 0.523. The molecule has 5 heteroatoms. The van der Waals surface area contributed by atoms with Gasteiger partial charge < -0.3 is 14.2 Å². The van der Waals surface area contributed by atoms with Crippen LogP contribution in [0.2, 0.25) is 0 Å². The first-order chi connectivity index (χ1) is 12.8. The molecule has 0 N–H and O–H groups in total. The van der Waals surface area contributed by atoms with Crippen molar-refractivity contribution in [2.45, 2.75) is 0 Å². The van der Waals surface area contributed by atoms with Crippen LogP contribution in [0.25, 0.3) is 16.8 Å². The van der Waals surface area contributed by atoms with Crippen LogP contribution >= 0.6 is 0 Å². The maximum absolute atomic E-state index is 12.2. The predicted molar refractivity (Wildman–Crippen MR) is 97.1 cm³/mol. The van der Waals surface area contributed by atoms with Gasteiger partial charge in [-0.05, 0) is 46.7 Å². The van der Waals surface area contributed by atoms with Gasteiger partial charge in [0, 0.05) is 5.56 Å². The van der Waals surface area contributed by atoms with Crippen molar-refractivity contribution in [2.24, 2.45) is 4.99 Å². The Morgan fingerprint density at radius 2 is 1.73 bits per heavy atom. The van der Waals surface area contributed by atoms with E-state index in [4.69, 9.17) is 14.2 Å². The van der Waals surface area contributed by atoms with Crippen molar-refractivity contribution in [3.8, 4) is 11.5 Å². The minimum absolute atomic E-state index is 0.193. The van der Waals surface area contributed by atoms with Crippen LogP contribution in [0.3, 0.4) is 0 Å². The number of hydrogen-bond acceptors (Lipinski definition) is 5. The van der Waals surface area contributed by atoms with Crippen LogP contribution in [0.4, 0.5) is 0 Å². The number of nitrogens with zero attached hydrogens (tertiary/aromatic N) is 1. The standard InChI is InChI=1S/C21H13NO4/c23-21-17(10-13-5-6-14-3-1-2-4-15(14)9-13)22-20(26-21)16-7-8-18-19(11-16)25-12-24-18/h1-11H,12H2/b17-10-. The highest BCUT2D eigenvalue weighted by atomic mass is 16.7. The zero-order valence-electron chi connectivity index (χ0n) is 13.6. The molecule has 0 atom stereocenters. The van der Waals surface area contributed by atoms with E-state index in [9.17, 15) is 4.79 Å². The summed E-state index contributed by atoms with van der Waals surface area (Å²) >= 11 is 0. The smallest absolute Gasteiger partial charge is 0.363 e. The second-order valence-electron chi connectivity index (χ2n) is 6.01. The lowest BCUT2D eigenvalue weighted by molar-refractivity contribution is -0.129. The first-order valence-electron chi connectivity index (χ1n) is 8.18. The third-order valence-electron chi connectivity index (χ3n) is 4.32. The molecule has 126 valence electrons. The van der Waals surface area contributed by atoms with Crippen LogP contribution < -0.4 is 9.47 Å². The van der Waals surface area contributed by atoms with Crippen LogP contribution in [-0.2, 0) is 9.53 Å². The zero-order chi connectivity index (χ0) is 17.5. The van der Waals surface area contributed by atoms with Crippen molar-refractivity contribution in [1.82, 2.24) is 0 Å². The molecule has 2 aliphatic heterocycles. The molecule has 3 aromatic rings. The lowest BCUT2D eigenvalue weighted by Gasteiger charge is -2.01. The number of benzene rings is 3. The molecule has 0 spiro atoms. The van der Waals surface area contributed by atoms with Crippen LogP contribution in [0.5, 0.6) is 11.5 Å². The molecule has 0 radical (unpaired) electrons. The predicted octanol–water partition coefficient (Wildman–Crippen LogP) is 3.91. The zero-order valence-corrected chi connectivity index (χ0v) is 13.6. The van der Waals surface area contributed by atoms with E-state index in [1.807, 2.05) is 42.5 Å². The van der Waals surface area contributed by atoms with E-state index in [-0.39, 0.29) is 18.4 Å². The molecule has 0 fully saturated rings. The van der Waals surface area contributed by atoms with Crippen molar-refractivity contribution in [1.29, 1.82) is 0 Å². The SMILES string of the molecule is O=C1OC(c2ccc3c(c2)OCO3)=N/C1=C\c1ccc2ccccc2c1. The molecule has 0 unspecified atom stereocenters. The van der Waals surface area contributed by atoms with Gasteiger partial charge in [0.1, 0.15) is 0 Å². The van der Waals surface area contributed by atoms with E-state index in [1.54, 1.807) is 24.3 Å². The fraction of sp³-hybridized carbons (Fsp3) is 0.0476. The van der Waals surface area contributed by atoms with Crippen molar-refractivity contribution in [3.05, 3.63) is 77.5 Å². The van der Waals surface area contributed by atoms with Crippen LogP contribution in [0, 0.1) is 0 Å². The second kappa shape index (κ2) is 5.74. The lowest BCUT2D eigenvalue weighted by Crippen LogP contribution is -2.05. The summed E-state index contributed by atoms with van der Waals surface area (Å²) in [4.78, 5) is 16.5. The molecule has 2 heterocycles. The number of ether oxygens (including phenoxy) is 3. The van der Waals surface area contributed by atoms with Crippen molar-refractivity contribution in [3.63, 3.8) is 0 Å². The molecule has 0 aliphatic carbocycles. The first kappa shape index (κ1) is 14.7. The normalized spacial score (nSPS) is 16.8. The third-order valence-corrected chi connectivity index (χ3v) is 4.32. The lowest BCUT2D eigenvalue weighted by atomic mass is 10.1. The molecule has 26 heavy (non-hydrogen) atoms. The van der Waals surface area contributed by atoms with Gasteiger partial charge in [0.25, 0.3) is 0 Å². The Hall–Kier alpha value is -3.60. The number of aliphatic imine (C=N–C) groups is 1. The maximum atomic E-state index is 12.2. The van der Waals surface area contributed by atoms with Crippen LogP contribution in [-0.4, -0.2) is 18.7 Å². The molecule has 5 rings (SSSR count). The Labute approximate surface area is 149 Å². The maximum Gasteiger partial charge on any atom is 0.363 e. The molecule has 3 aromatic carbocycles. The topological polar surface area (TPSA) is 57.1 Å². The van der Waals surface area contributed by atoms with Crippen LogP contribution in [0.15, 0.2) is 71.4 Å². The molecule has 0 saturated carbocycles. The van der Waals surface area contributed by atoms with E-state index >= 15 is 0 Å². The minimum Gasteiger partial charge on any atom is -0.454 e. The number of carbonyl (C=O) groups is 1. The molecule has 0 saturated heterocycles. The summed E-state index contributed by atoms with van der Waals surface area (Å²) in [5, 5.41) is 2.25. The summed E-state index contributed by atoms with van der Waals surface area (Å²) in [6.07, 6.45) is 1.73. The summed E-state index contributed by atoms with van der Waals surface area (Å²) < 4.78 is 16.0. The molecule has 0 bridgehead atoms. The van der Waals surface area contributed by atoms with E-state index in [1.165, 1.54) is 0 Å². The molecular formula is C21H13NO4. The minimum atomic E-state index is -0.467. The Morgan fingerprint density at radius 1 is 0.885 bits per heavy atom. The summed E-state index contributed by atoms with van der Waals surface area (Å²) in [5.74, 6) is 1.09. The van der Waals surface area contributed by atoms with Gasteiger partial charge in [0.05, 0.1) is 0 Å². The van der Waals surface area contributed by atoms with E-state index < -0.39 is 5.97 Å². The monoisotopic (exact) mass is 343 g/mol. The second-order valence-corrected chi connectivity index (χ2v) is 6.01. The van der Waals surface area contributed by atoms with E-state index in [2.05, 4.69) is 4.99 Å². The summed E-state index contributed by atoms with van der Waals surface area (Å²) in [7, 11) is 0. The van der Waals surface area contributed by atoms with Crippen LogP contribution in [0.1, 0.15) is 11.1 Å². The van der Waals surface area contributed by atoms with Gasteiger partial charge in [0.15, 0.2) is 17.2 Å². The third kappa shape index (κ3) is 2.50. The molecular weight excluding hydrogens is 330 g/mol. The number of carbonyl (C=O) groups excluding carboxylic acids is 1. The molecule has 0 aromatic heterocycles. The summed E-state index contributed by atoms with van der Waals surface area (Å²) in [5.41, 5.74) is 1.84. The number of rotatable bonds is 2. The Morgan fingerprint density at radius 3 is 2.65 bits per heavy atom. The molecule has 5 nitrogen and oxygen atoms in total. The van der Waals surface area contributed by atoms with E-state index in [0.717, 1.165) is 16.3 Å². The molecule has 0 amide bonds. The van der Waals surface area contributed by atoms with Gasteiger partial charge in [0.2, 0.25) is 12.7 Å². The Balaban J connectivity index is 1.50. The van der Waals surface area contributed by atoms with Gasteiger partial charge in [-0.1, -0.05) is 36.4 Å². The number of fused-ring (bicyclic) bond motifs is 2. The highest BCUT2D eigenvalue weighted by Gasteiger charge is 2.25. The fourth-order valence-electron chi connectivity index (χ4n) is 3.02.